The van der Waals surface area contributed by atoms with Crippen molar-refractivity contribution >= 4 is 21.7 Å². The second-order valence-electron chi connectivity index (χ2n) is 6.38. The molecule has 0 radical (unpaired) electrons. The van der Waals surface area contributed by atoms with Gasteiger partial charge >= 0.3 is 0 Å². The van der Waals surface area contributed by atoms with E-state index in [2.05, 4.69) is 19.9 Å². The van der Waals surface area contributed by atoms with Crippen molar-refractivity contribution in [2.24, 2.45) is 5.92 Å². The molecular formula is C19H19NO3. The Morgan fingerprint density at radius 3 is 2.74 bits per heavy atom. The van der Waals surface area contributed by atoms with Crippen LogP contribution in [0.4, 0.5) is 0 Å². The molecule has 0 unspecified atom stereocenters. The fourth-order valence-corrected chi connectivity index (χ4v) is 3.20. The first kappa shape index (κ1) is 14.1. The molecule has 0 spiro atoms. The molecule has 118 valence electrons. The zero-order valence-electron chi connectivity index (χ0n) is 13.3. The van der Waals surface area contributed by atoms with Crippen molar-refractivity contribution in [2.75, 3.05) is 6.79 Å². The Bertz CT molecular complexity index is 956. The number of hydrogen-bond donors (Lipinski definition) is 0. The monoisotopic (exact) mass is 309 g/mol. The zero-order valence-corrected chi connectivity index (χ0v) is 13.3. The average Bonchev–Trinajstić information content (AvgIpc) is 3.02. The van der Waals surface area contributed by atoms with Crippen molar-refractivity contribution in [1.82, 2.24) is 4.57 Å². The molecule has 1 aliphatic rings. The molecule has 0 saturated heterocycles. The van der Waals surface area contributed by atoms with E-state index in [-0.39, 0.29) is 12.4 Å². The Labute approximate surface area is 134 Å². The molecule has 0 atom stereocenters. The van der Waals surface area contributed by atoms with Crippen LogP contribution in [-0.2, 0) is 6.54 Å². The highest BCUT2D eigenvalue weighted by Crippen LogP contribution is 2.39. The number of ether oxygens (including phenoxy) is 2. The lowest BCUT2D eigenvalue weighted by Crippen LogP contribution is -2.22. The maximum Gasteiger partial charge on any atom is 0.262 e. The number of rotatable bonds is 3. The highest BCUT2D eigenvalue weighted by Gasteiger charge is 2.22. The zero-order chi connectivity index (χ0) is 16.0. The maximum atomic E-state index is 13.1. The van der Waals surface area contributed by atoms with Crippen molar-refractivity contribution in [3.05, 3.63) is 46.8 Å². The molecule has 4 rings (SSSR count). The highest BCUT2D eigenvalue weighted by molar-refractivity contribution is 6.08. The van der Waals surface area contributed by atoms with E-state index >= 15 is 0 Å². The van der Waals surface area contributed by atoms with Crippen molar-refractivity contribution in [3.63, 3.8) is 0 Å². The first-order chi connectivity index (χ1) is 11.2. The summed E-state index contributed by atoms with van der Waals surface area (Å²) in [7, 11) is 0. The van der Waals surface area contributed by atoms with E-state index in [4.69, 9.17) is 9.47 Å². The third kappa shape index (κ3) is 2.17. The number of benzene rings is 2. The standard InChI is InChI=1S/C19H19NO3/c1-12(2)9-10-20-15-6-4-3-5-13(15)14-7-8-16-18(23-11-22-16)17(14)19(20)21/h3-8,12H,9-11H2,1-2H3. The molecule has 2 aromatic carbocycles. The maximum absolute atomic E-state index is 13.1. The van der Waals surface area contributed by atoms with E-state index in [1.165, 1.54) is 0 Å². The van der Waals surface area contributed by atoms with Gasteiger partial charge in [0, 0.05) is 17.3 Å². The molecule has 0 amide bonds. The minimum absolute atomic E-state index is 0.00157. The van der Waals surface area contributed by atoms with Gasteiger partial charge in [-0.15, -0.1) is 0 Å². The fourth-order valence-electron chi connectivity index (χ4n) is 3.20. The topological polar surface area (TPSA) is 40.5 Å². The first-order valence-corrected chi connectivity index (χ1v) is 8.00. The Kier molecular flexibility index (Phi) is 3.26. The predicted octanol–water partition coefficient (Wildman–Crippen LogP) is 3.93. The summed E-state index contributed by atoms with van der Waals surface area (Å²) in [4.78, 5) is 13.1. The Hall–Kier alpha value is -2.49. The number of para-hydroxylation sites is 1. The third-order valence-corrected chi connectivity index (χ3v) is 4.41. The number of nitrogens with zero attached hydrogens (tertiary/aromatic N) is 1. The summed E-state index contributed by atoms with van der Waals surface area (Å²) in [6.45, 7) is 5.22. The smallest absolute Gasteiger partial charge is 0.262 e. The van der Waals surface area contributed by atoms with E-state index in [0.29, 0.717) is 29.3 Å². The van der Waals surface area contributed by atoms with Gasteiger partial charge in [-0.05, 0) is 30.5 Å². The molecule has 23 heavy (non-hydrogen) atoms. The van der Waals surface area contributed by atoms with Crippen LogP contribution in [0.15, 0.2) is 41.2 Å². The minimum atomic E-state index is 0.00157. The summed E-state index contributed by atoms with van der Waals surface area (Å²) in [6, 6.07) is 11.9. The molecule has 0 bridgehead atoms. The lowest BCUT2D eigenvalue weighted by Gasteiger charge is -2.15. The van der Waals surface area contributed by atoms with Crippen LogP contribution >= 0.6 is 0 Å². The third-order valence-electron chi connectivity index (χ3n) is 4.41. The second-order valence-corrected chi connectivity index (χ2v) is 6.38. The molecule has 0 aliphatic carbocycles. The molecule has 3 aromatic rings. The Morgan fingerprint density at radius 2 is 1.91 bits per heavy atom. The summed E-state index contributed by atoms with van der Waals surface area (Å²) in [5.41, 5.74) is 0.978. The number of fused-ring (bicyclic) bond motifs is 5. The van der Waals surface area contributed by atoms with Crippen molar-refractivity contribution < 1.29 is 9.47 Å². The van der Waals surface area contributed by atoms with Crippen LogP contribution in [0.5, 0.6) is 11.5 Å². The number of hydrogen-bond acceptors (Lipinski definition) is 3. The van der Waals surface area contributed by atoms with E-state index < -0.39 is 0 Å². The van der Waals surface area contributed by atoms with Gasteiger partial charge in [0.25, 0.3) is 5.56 Å². The average molecular weight is 309 g/mol. The van der Waals surface area contributed by atoms with Gasteiger partial charge in [0.05, 0.1) is 10.9 Å². The fraction of sp³-hybridized carbons (Fsp3) is 0.316. The molecular weight excluding hydrogens is 290 g/mol. The second kappa shape index (κ2) is 5.30. The van der Waals surface area contributed by atoms with Crippen molar-refractivity contribution in [2.45, 2.75) is 26.8 Å². The van der Waals surface area contributed by atoms with Crippen LogP contribution in [0, 0.1) is 5.92 Å². The van der Waals surface area contributed by atoms with Gasteiger partial charge in [-0.1, -0.05) is 32.0 Å². The van der Waals surface area contributed by atoms with E-state index in [1.54, 1.807) is 0 Å². The summed E-state index contributed by atoms with van der Waals surface area (Å²) >= 11 is 0. The molecule has 4 nitrogen and oxygen atoms in total. The Morgan fingerprint density at radius 1 is 1.09 bits per heavy atom. The molecule has 2 heterocycles. The quantitative estimate of drug-likeness (QED) is 0.688. The Balaban J connectivity index is 2.10. The van der Waals surface area contributed by atoms with Crippen LogP contribution in [0.3, 0.4) is 0 Å². The normalized spacial score (nSPS) is 13.3. The predicted molar refractivity (Wildman–Crippen MR) is 91.3 cm³/mol. The van der Waals surface area contributed by atoms with Gasteiger partial charge in [-0.2, -0.15) is 0 Å². The van der Waals surface area contributed by atoms with Gasteiger partial charge < -0.3 is 14.0 Å². The van der Waals surface area contributed by atoms with Gasteiger partial charge in [0.2, 0.25) is 6.79 Å². The van der Waals surface area contributed by atoms with Crippen LogP contribution in [0.1, 0.15) is 20.3 Å². The summed E-state index contributed by atoms with van der Waals surface area (Å²) < 4.78 is 12.9. The van der Waals surface area contributed by atoms with Crippen LogP contribution in [-0.4, -0.2) is 11.4 Å². The van der Waals surface area contributed by atoms with Crippen LogP contribution < -0.4 is 15.0 Å². The molecule has 0 saturated carbocycles. The molecule has 4 heteroatoms. The first-order valence-electron chi connectivity index (χ1n) is 8.00. The summed E-state index contributed by atoms with van der Waals surface area (Å²) in [5.74, 6) is 1.77. The van der Waals surface area contributed by atoms with E-state index in [0.717, 1.165) is 22.7 Å². The van der Waals surface area contributed by atoms with E-state index in [1.807, 2.05) is 34.9 Å². The highest BCUT2D eigenvalue weighted by atomic mass is 16.7. The van der Waals surface area contributed by atoms with Gasteiger partial charge in [-0.25, -0.2) is 0 Å². The molecule has 1 aromatic heterocycles. The van der Waals surface area contributed by atoms with Crippen LogP contribution in [0.2, 0.25) is 0 Å². The lowest BCUT2D eigenvalue weighted by molar-refractivity contribution is 0.174. The summed E-state index contributed by atoms with van der Waals surface area (Å²) in [5, 5.41) is 2.63. The SMILES string of the molecule is CC(C)CCn1c(=O)c2c3c(ccc2c2ccccc21)OCO3. The van der Waals surface area contributed by atoms with Crippen molar-refractivity contribution in [1.29, 1.82) is 0 Å². The molecule has 1 aliphatic heterocycles. The van der Waals surface area contributed by atoms with Crippen LogP contribution in [0.25, 0.3) is 21.7 Å². The van der Waals surface area contributed by atoms with Gasteiger partial charge in [0.15, 0.2) is 11.5 Å². The lowest BCUT2D eigenvalue weighted by atomic mass is 10.0. The van der Waals surface area contributed by atoms with Gasteiger partial charge in [0.1, 0.15) is 0 Å². The minimum Gasteiger partial charge on any atom is -0.454 e. The number of pyridine rings is 1. The molecule has 0 fully saturated rings. The van der Waals surface area contributed by atoms with Gasteiger partial charge in [-0.3, -0.25) is 4.79 Å². The van der Waals surface area contributed by atoms with Crippen molar-refractivity contribution in [3.8, 4) is 11.5 Å². The summed E-state index contributed by atoms with van der Waals surface area (Å²) in [6.07, 6.45) is 0.960. The number of aromatic nitrogens is 1. The molecule has 0 N–H and O–H groups in total. The van der Waals surface area contributed by atoms with E-state index in [9.17, 15) is 4.79 Å². The largest absolute Gasteiger partial charge is 0.454 e. The number of aryl methyl sites for hydroxylation is 1.